The zero-order chi connectivity index (χ0) is 15.5. The Morgan fingerprint density at radius 3 is 2.29 bits per heavy atom. The minimum atomic E-state index is -3.75. The average molecular weight is 327 g/mol. The van der Waals surface area contributed by atoms with Crippen molar-refractivity contribution in [2.24, 2.45) is 0 Å². The predicted octanol–water partition coefficient (Wildman–Crippen LogP) is 2.73. The van der Waals surface area contributed by atoms with Crippen molar-refractivity contribution in [1.29, 1.82) is 0 Å². The van der Waals surface area contributed by atoms with Crippen LogP contribution in [0.3, 0.4) is 0 Å². The number of nitro benzene ring substituents is 1. The Kier molecular flexibility index (Phi) is 4.56. The van der Waals surface area contributed by atoms with Gasteiger partial charge in [0.05, 0.1) is 9.82 Å². The summed E-state index contributed by atoms with van der Waals surface area (Å²) in [5.74, 6) is 0. The molecule has 0 aliphatic carbocycles. The van der Waals surface area contributed by atoms with Crippen LogP contribution in [0, 0.1) is 10.1 Å². The number of halogens is 1. The third kappa shape index (κ3) is 3.78. The number of nitrogens with one attached hydrogen (secondary N) is 1. The minimum absolute atomic E-state index is 0.0407. The zero-order valence-corrected chi connectivity index (χ0v) is 12.3. The zero-order valence-electron chi connectivity index (χ0n) is 10.7. The summed E-state index contributed by atoms with van der Waals surface area (Å²) in [7, 11) is -3.75. The first-order valence-electron chi connectivity index (χ1n) is 5.88. The summed E-state index contributed by atoms with van der Waals surface area (Å²) in [5, 5.41) is 11.0. The molecular formula is C13H11ClN2O4S. The van der Waals surface area contributed by atoms with Crippen molar-refractivity contribution in [3.05, 3.63) is 69.2 Å². The lowest BCUT2D eigenvalue weighted by molar-refractivity contribution is -0.384. The van der Waals surface area contributed by atoms with E-state index in [9.17, 15) is 18.5 Å². The number of non-ortho nitro benzene ring substituents is 1. The fraction of sp³-hybridized carbons (Fsp3) is 0.0769. The van der Waals surface area contributed by atoms with Gasteiger partial charge in [-0.05, 0) is 23.8 Å². The van der Waals surface area contributed by atoms with Crippen LogP contribution >= 0.6 is 11.6 Å². The lowest BCUT2D eigenvalue weighted by atomic mass is 10.2. The molecule has 0 saturated carbocycles. The highest BCUT2D eigenvalue weighted by Crippen LogP contribution is 2.18. The van der Waals surface area contributed by atoms with Crippen LogP contribution in [-0.4, -0.2) is 13.3 Å². The molecule has 0 heterocycles. The molecule has 0 saturated heterocycles. The number of sulfonamides is 1. The van der Waals surface area contributed by atoms with E-state index in [1.807, 2.05) is 0 Å². The maximum Gasteiger partial charge on any atom is 0.269 e. The largest absolute Gasteiger partial charge is 0.269 e. The van der Waals surface area contributed by atoms with Crippen LogP contribution in [0.15, 0.2) is 53.4 Å². The number of hydrogen-bond acceptors (Lipinski definition) is 4. The fourth-order valence-electron chi connectivity index (χ4n) is 1.64. The monoisotopic (exact) mass is 326 g/mol. The SMILES string of the molecule is O=[N+]([O-])c1ccc(S(=O)(=O)NCc2ccccc2Cl)cc1. The summed E-state index contributed by atoms with van der Waals surface area (Å²) < 4.78 is 26.5. The summed E-state index contributed by atoms with van der Waals surface area (Å²) in [6.07, 6.45) is 0. The summed E-state index contributed by atoms with van der Waals surface area (Å²) in [6, 6.07) is 11.5. The summed E-state index contributed by atoms with van der Waals surface area (Å²) in [6.45, 7) is 0.0407. The number of nitro groups is 1. The van der Waals surface area contributed by atoms with E-state index in [2.05, 4.69) is 4.72 Å². The number of hydrogen-bond donors (Lipinski definition) is 1. The fourth-order valence-corrected chi connectivity index (χ4v) is 2.85. The van der Waals surface area contributed by atoms with Crippen LogP contribution in [0.2, 0.25) is 5.02 Å². The first-order valence-corrected chi connectivity index (χ1v) is 7.74. The molecule has 0 aliphatic rings. The van der Waals surface area contributed by atoms with Gasteiger partial charge in [0.15, 0.2) is 0 Å². The first kappa shape index (κ1) is 15.4. The van der Waals surface area contributed by atoms with Gasteiger partial charge in [-0.15, -0.1) is 0 Å². The number of benzene rings is 2. The van der Waals surface area contributed by atoms with Crippen LogP contribution < -0.4 is 4.72 Å². The second-order valence-electron chi connectivity index (χ2n) is 4.17. The van der Waals surface area contributed by atoms with Crippen molar-refractivity contribution in [2.75, 3.05) is 0 Å². The smallest absolute Gasteiger partial charge is 0.258 e. The maximum absolute atomic E-state index is 12.1. The third-order valence-electron chi connectivity index (χ3n) is 2.77. The highest BCUT2D eigenvalue weighted by atomic mass is 35.5. The summed E-state index contributed by atoms with van der Waals surface area (Å²) in [4.78, 5) is 9.90. The molecule has 0 unspecified atom stereocenters. The van der Waals surface area contributed by atoms with Crippen LogP contribution in [0.1, 0.15) is 5.56 Å². The molecule has 0 fully saturated rings. The van der Waals surface area contributed by atoms with Crippen LogP contribution in [-0.2, 0) is 16.6 Å². The maximum atomic E-state index is 12.1. The van der Waals surface area contributed by atoms with Crippen molar-refractivity contribution in [3.8, 4) is 0 Å². The van der Waals surface area contributed by atoms with Crippen molar-refractivity contribution in [3.63, 3.8) is 0 Å². The lowest BCUT2D eigenvalue weighted by Crippen LogP contribution is -2.23. The molecule has 1 N–H and O–H groups in total. The molecule has 0 aliphatic heterocycles. The molecule has 6 nitrogen and oxygen atoms in total. The molecule has 2 rings (SSSR count). The van der Waals surface area contributed by atoms with E-state index in [-0.39, 0.29) is 17.1 Å². The Balaban J connectivity index is 2.15. The standard InChI is InChI=1S/C13H11ClN2O4S/c14-13-4-2-1-3-10(13)9-15-21(19,20)12-7-5-11(6-8-12)16(17)18/h1-8,15H,9H2. The molecular weight excluding hydrogens is 316 g/mol. The van der Waals surface area contributed by atoms with Crippen molar-refractivity contribution in [2.45, 2.75) is 11.4 Å². The second kappa shape index (κ2) is 6.21. The Labute approximate surface area is 126 Å². The van der Waals surface area contributed by atoms with Gasteiger partial charge in [-0.1, -0.05) is 29.8 Å². The van der Waals surface area contributed by atoms with Crippen molar-refractivity contribution >= 4 is 27.3 Å². The van der Waals surface area contributed by atoms with E-state index in [1.54, 1.807) is 24.3 Å². The Bertz CT molecular complexity index is 760. The van der Waals surface area contributed by atoms with E-state index in [0.717, 1.165) is 12.1 Å². The van der Waals surface area contributed by atoms with Crippen LogP contribution in [0.5, 0.6) is 0 Å². The molecule has 2 aromatic carbocycles. The third-order valence-corrected chi connectivity index (χ3v) is 4.55. The van der Waals surface area contributed by atoms with E-state index >= 15 is 0 Å². The van der Waals surface area contributed by atoms with Gasteiger partial charge in [0.2, 0.25) is 10.0 Å². The lowest BCUT2D eigenvalue weighted by Gasteiger charge is -2.08. The van der Waals surface area contributed by atoms with Gasteiger partial charge in [0.1, 0.15) is 0 Å². The Morgan fingerprint density at radius 2 is 1.71 bits per heavy atom. The Hall–Kier alpha value is -1.96. The average Bonchev–Trinajstić information content (AvgIpc) is 2.46. The molecule has 2 aromatic rings. The second-order valence-corrected chi connectivity index (χ2v) is 6.34. The molecule has 0 aromatic heterocycles. The van der Waals surface area contributed by atoms with Gasteiger partial charge < -0.3 is 0 Å². The summed E-state index contributed by atoms with van der Waals surface area (Å²) >= 11 is 5.94. The molecule has 0 radical (unpaired) electrons. The van der Waals surface area contributed by atoms with Crippen LogP contribution in [0.25, 0.3) is 0 Å². The van der Waals surface area contributed by atoms with E-state index in [0.29, 0.717) is 10.6 Å². The quantitative estimate of drug-likeness (QED) is 0.675. The number of nitrogens with zero attached hydrogens (tertiary/aromatic N) is 1. The first-order chi connectivity index (χ1) is 9.90. The molecule has 21 heavy (non-hydrogen) atoms. The van der Waals surface area contributed by atoms with Crippen molar-refractivity contribution < 1.29 is 13.3 Å². The van der Waals surface area contributed by atoms with E-state index < -0.39 is 14.9 Å². The predicted molar refractivity (Wildman–Crippen MR) is 78.6 cm³/mol. The van der Waals surface area contributed by atoms with Gasteiger partial charge in [0, 0.05) is 23.7 Å². The van der Waals surface area contributed by atoms with Crippen molar-refractivity contribution in [1.82, 2.24) is 4.72 Å². The van der Waals surface area contributed by atoms with Gasteiger partial charge in [-0.2, -0.15) is 0 Å². The van der Waals surface area contributed by atoms with Gasteiger partial charge in [-0.25, -0.2) is 13.1 Å². The summed E-state index contributed by atoms with van der Waals surface area (Å²) in [5.41, 5.74) is 0.477. The van der Waals surface area contributed by atoms with Crippen LogP contribution in [0.4, 0.5) is 5.69 Å². The number of rotatable bonds is 5. The highest BCUT2D eigenvalue weighted by molar-refractivity contribution is 7.89. The highest BCUT2D eigenvalue weighted by Gasteiger charge is 2.16. The normalized spacial score (nSPS) is 11.3. The molecule has 8 heteroatoms. The molecule has 0 spiro atoms. The van der Waals surface area contributed by atoms with Gasteiger partial charge in [-0.3, -0.25) is 10.1 Å². The molecule has 110 valence electrons. The van der Waals surface area contributed by atoms with Gasteiger partial charge >= 0.3 is 0 Å². The van der Waals surface area contributed by atoms with E-state index in [1.165, 1.54) is 12.1 Å². The van der Waals surface area contributed by atoms with E-state index in [4.69, 9.17) is 11.6 Å². The topological polar surface area (TPSA) is 89.3 Å². The Morgan fingerprint density at radius 1 is 1.10 bits per heavy atom. The molecule has 0 atom stereocenters. The molecule has 0 amide bonds. The molecule has 0 bridgehead atoms. The minimum Gasteiger partial charge on any atom is -0.258 e. The van der Waals surface area contributed by atoms with Gasteiger partial charge in [0.25, 0.3) is 5.69 Å².